The molecule has 0 radical (unpaired) electrons. The molecule has 1 saturated heterocycles. The summed E-state index contributed by atoms with van der Waals surface area (Å²) >= 11 is 0. The number of benzene rings is 1. The van der Waals surface area contributed by atoms with Crippen molar-refractivity contribution in [1.29, 1.82) is 0 Å². The van der Waals surface area contributed by atoms with Crippen LogP contribution >= 0.6 is 0 Å². The topological polar surface area (TPSA) is 32.7 Å². The van der Waals surface area contributed by atoms with Gasteiger partial charge >= 0.3 is 0 Å². The second-order valence-corrected chi connectivity index (χ2v) is 4.69. The molecule has 0 atom stereocenters. The van der Waals surface area contributed by atoms with E-state index in [-0.39, 0.29) is 5.75 Å². The predicted molar refractivity (Wildman–Crippen MR) is 74.0 cm³/mol. The first-order valence-corrected chi connectivity index (χ1v) is 6.55. The number of hydrogen-bond acceptors (Lipinski definition) is 3. The molecule has 3 heteroatoms. The Morgan fingerprint density at radius 2 is 2.06 bits per heavy atom. The molecule has 3 nitrogen and oxygen atoms in total. The molecule has 1 aromatic carbocycles. The van der Waals surface area contributed by atoms with E-state index < -0.39 is 0 Å². The maximum Gasteiger partial charge on any atom is 0.161 e. The standard InChI is InChI=1S/C15H21NO2/c1-18-15-12-13(7-8-14(15)17)6-5-11-16-9-3-2-4-10-16/h5-8,12,17H,2-4,9-11H2,1H3. The summed E-state index contributed by atoms with van der Waals surface area (Å²) in [6, 6.07) is 5.41. The molecule has 0 bridgehead atoms. The summed E-state index contributed by atoms with van der Waals surface area (Å²) in [6.45, 7) is 3.43. The fourth-order valence-corrected chi connectivity index (χ4v) is 2.28. The highest BCUT2D eigenvalue weighted by Gasteiger charge is 2.07. The van der Waals surface area contributed by atoms with Gasteiger partial charge in [0.05, 0.1) is 7.11 Å². The van der Waals surface area contributed by atoms with Gasteiger partial charge in [-0.05, 0) is 43.6 Å². The Balaban J connectivity index is 1.91. The third-order valence-corrected chi connectivity index (χ3v) is 3.33. The average molecular weight is 247 g/mol. The molecule has 0 aromatic heterocycles. The van der Waals surface area contributed by atoms with Crippen LogP contribution in [-0.2, 0) is 0 Å². The summed E-state index contributed by atoms with van der Waals surface area (Å²) in [5, 5.41) is 9.51. The van der Waals surface area contributed by atoms with E-state index >= 15 is 0 Å². The molecule has 1 heterocycles. The molecular formula is C15H21NO2. The summed E-state index contributed by atoms with van der Waals surface area (Å²) in [7, 11) is 1.57. The molecular weight excluding hydrogens is 226 g/mol. The van der Waals surface area contributed by atoms with Gasteiger partial charge < -0.3 is 9.84 Å². The quantitative estimate of drug-likeness (QED) is 0.888. The average Bonchev–Trinajstić information content (AvgIpc) is 2.42. The van der Waals surface area contributed by atoms with Gasteiger partial charge in [-0.2, -0.15) is 0 Å². The molecule has 1 aliphatic rings. The zero-order valence-electron chi connectivity index (χ0n) is 10.9. The highest BCUT2D eigenvalue weighted by molar-refractivity contribution is 5.55. The first-order chi connectivity index (χ1) is 8.79. The maximum atomic E-state index is 9.51. The molecule has 98 valence electrons. The Morgan fingerprint density at radius 1 is 1.28 bits per heavy atom. The monoisotopic (exact) mass is 247 g/mol. The number of aromatic hydroxyl groups is 1. The minimum Gasteiger partial charge on any atom is -0.504 e. The van der Waals surface area contributed by atoms with Gasteiger partial charge in [0.1, 0.15) is 0 Å². The molecule has 2 rings (SSSR count). The Morgan fingerprint density at radius 3 is 2.78 bits per heavy atom. The molecule has 18 heavy (non-hydrogen) atoms. The van der Waals surface area contributed by atoms with Gasteiger partial charge in [-0.15, -0.1) is 0 Å². The third kappa shape index (κ3) is 3.50. The normalized spacial score (nSPS) is 17.2. The number of rotatable bonds is 4. The number of methoxy groups -OCH3 is 1. The molecule has 1 aromatic rings. The van der Waals surface area contributed by atoms with Gasteiger partial charge in [0.15, 0.2) is 11.5 Å². The van der Waals surface area contributed by atoms with Crippen molar-refractivity contribution in [3.8, 4) is 11.5 Å². The van der Waals surface area contributed by atoms with Gasteiger partial charge in [-0.25, -0.2) is 0 Å². The molecule has 0 aliphatic carbocycles. The zero-order chi connectivity index (χ0) is 12.8. The van der Waals surface area contributed by atoms with Crippen LogP contribution in [0.3, 0.4) is 0 Å². The zero-order valence-corrected chi connectivity index (χ0v) is 10.9. The van der Waals surface area contributed by atoms with Crippen molar-refractivity contribution >= 4 is 6.08 Å². The number of piperidine rings is 1. The molecule has 0 saturated carbocycles. The smallest absolute Gasteiger partial charge is 0.161 e. The van der Waals surface area contributed by atoms with Crippen molar-refractivity contribution in [3.63, 3.8) is 0 Å². The number of phenols is 1. The van der Waals surface area contributed by atoms with E-state index in [0.717, 1.165) is 12.1 Å². The lowest BCUT2D eigenvalue weighted by molar-refractivity contribution is 0.252. The Kier molecular flexibility index (Phi) is 4.65. The second kappa shape index (κ2) is 6.45. The highest BCUT2D eigenvalue weighted by Crippen LogP contribution is 2.26. The van der Waals surface area contributed by atoms with Crippen LogP contribution in [0.1, 0.15) is 24.8 Å². The number of ether oxygens (including phenoxy) is 1. The number of hydrogen-bond donors (Lipinski definition) is 1. The van der Waals surface area contributed by atoms with Crippen LogP contribution in [0.15, 0.2) is 24.3 Å². The van der Waals surface area contributed by atoms with E-state index in [0.29, 0.717) is 5.75 Å². The second-order valence-electron chi connectivity index (χ2n) is 4.69. The van der Waals surface area contributed by atoms with Crippen LogP contribution in [0.4, 0.5) is 0 Å². The van der Waals surface area contributed by atoms with Crippen molar-refractivity contribution in [3.05, 3.63) is 29.8 Å². The molecule has 0 spiro atoms. The largest absolute Gasteiger partial charge is 0.504 e. The van der Waals surface area contributed by atoms with Crippen molar-refractivity contribution in [2.75, 3.05) is 26.7 Å². The van der Waals surface area contributed by atoms with Crippen LogP contribution in [0.2, 0.25) is 0 Å². The van der Waals surface area contributed by atoms with E-state index in [4.69, 9.17) is 4.74 Å². The van der Waals surface area contributed by atoms with Crippen LogP contribution in [0, 0.1) is 0 Å². The first-order valence-electron chi connectivity index (χ1n) is 6.55. The van der Waals surface area contributed by atoms with Gasteiger partial charge in [-0.3, -0.25) is 4.90 Å². The molecule has 0 amide bonds. The first kappa shape index (κ1) is 13.0. The number of phenolic OH excluding ortho intramolecular Hbond substituents is 1. The Labute approximate surface area is 109 Å². The predicted octanol–water partition coefficient (Wildman–Crippen LogP) is 2.90. The van der Waals surface area contributed by atoms with E-state index in [9.17, 15) is 5.11 Å². The molecule has 0 unspecified atom stereocenters. The van der Waals surface area contributed by atoms with E-state index in [2.05, 4.69) is 17.1 Å². The Hall–Kier alpha value is -1.48. The van der Waals surface area contributed by atoms with Gasteiger partial charge in [0.25, 0.3) is 0 Å². The Bertz CT molecular complexity index is 409. The summed E-state index contributed by atoms with van der Waals surface area (Å²) < 4.78 is 5.09. The van der Waals surface area contributed by atoms with Crippen molar-refractivity contribution < 1.29 is 9.84 Å². The molecule has 1 fully saturated rings. The minimum atomic E-state index is 0.186. The maximum absolute atomic E-state index is 9.51. The van der Waals surface area contributed by atoms with Crippen molar-refractivity contribution in [1.82, 2.24) is 4.90 Å². The SMILES string of the molecule is COc1cc(C=CCN2CCCCC2)ccc1O. The van der Waals surface area contributed by atoms with E-state index in [1.54, 1.807) is 13.2 Å². The summed E-state index contributed by atoms with van der Waals surface area (Å²) in [5.74, 6) is 0.709. The molecule has 1 aliphatic heterocycles. The fraction of sp³-hybridized carbons (Fsp3) is 0.467. The van der Waals surface area contributed by atoms with Crippen molar-refractivity contribution in [2.45, 2.75) is 19.3 Å². The van der Waals surface area contributed by atoms with Gasteiger partial charge in [0, 0.05) is 6.54 Å². The fourth-order valence-electron chi connectivity index (χ4n) is 2.28. The highest BCUT2D eigenvalue weighted by atomic mass is 16.5. The lowest BCUT2D eigenvalue weighted by Crippen LogP contribution is -2.29. The van der Waals surface area contributed by atoms with E-state index in [1.165, 1.54) is 32.4 Å². The number of nitrogens with zero attached hydrogens (tertiary/aromatic N) is 1. The van der Waals surface area contributed by atoms with Gasteiger partial charge in [0.2, 0.25) is 0 Å². The van der Waals surface area contributed by atoms with Gasteiger partial charge in [-0.1, -0.05) is 24.6 Å². The number of likely N-dealkylation sites (tertiary alicyclic amines) is 1. The molecule has 1 N–H and O–H groups in total. The summed E-state index contributed by atoms with van der Waals surface area (Å²) in [5.41, 5.74) is 1.06. The van der Waals surface area contributed by atoms with Crippen molar-refractivity contribution in [2.24, 2.45) is 0 Å². The van der Waals surface area contributed by atoms with Crippen LogP contribution in [0.5, 0.6) is 11.5 Å². The minimum absolute atomic E-state index is 0.186. The summed E-state index contributed by atoms with van der Waals surface area (Å²) in [6.07, 6.45) is 8.27. The summed E-state index contributed by atoms with van der Waals surface area (Å²) in [4.78, 5) is 2.47. The lowest BCUT2D eigenvalue weighted by Gasteiger charge is -2.24. The lowest BCUT2D eigenvalue weighted by atomic mass is 10.1. The van der Waals surface area contributed by atoms with E-state index in [1.807, 2.05) is 12.1 Å². The third-order valence-electron chi connectivity index (χ3n) is 3.33. The van der Waals surface area contributed by atoms with Crippen LogP contribution < -0.4 is 4.74 Å². The van der Waals surface area contributed by atoms with Crippen LogP contribution in [-0.4, -0.2) is 36.8 Å². The van der Waals surface area contributed by atoms with Crippen LogP contribution in [0.25, 0.3) is 6.08 Å².